The number of unbranched alkanes of at least 4 members (excludes halogenated alkanes) is 3. The van der Waals surface area contributed by atoms with Gasteiger partial charge in [-0.25, -0.2) is 0 Å². The lowest BCUT2D eigenvalue weighted by Crippen LogP contribution is -2.03. The molecule has 0 radical (unpaired) electrons. The molecule has 3 nitrogen and oxygen atoms in total. The fourth-order valence-corrected chi connectivity index (χ4v) is 1.85. The topological polar surface area (TPSA) is 57.5 Å². The van der Waals surface area contributed by atoms with E-state index >= 15 is 0 Å². The van der Waals surface area contributed by atoms with Crippen LogP contribution in [0.25, 0.3) is 0 Å². The van der Waals surface area contributed by atoms with Crippen LogP contribution in [0, 0.1) is 0 Å². The molecule has 1 atom stereocenters. The molecule has 0 bridgehead atoms. The first kappa shape index (κ1) is 19.7. The second kappa shape index (κ2) is 15.0. The normalized spacial score (nSPS) is 13.6. The number of aliphatic carboxylic acids is 1. The highest BCUT2D eigenvalue weighted by molar-refractivity contribution is 5.66. The first-order valence-corrected chi connectivity index (χ1v) is 8.03. The smallest absolute Gasteiger partial charge is 0.303 e. The van der Waals surface area contributed by atoms with Crippen molar-refractivity contribution >= 4 is 5.97 Å². The van der Waals surface area contributed by atoms with E-state index in [-0.39, 0.29) is 12.5 Å². The molecule has 0 saturated carbocycles. The molecule has 0 aromatic rings. The molecular weight excluding hydrogens is 264 g/mol. The summed E-state index contributed by atoms with van der Waals surface area (Å²) < 4.78 is 0. The number of carboxylic acids is 1. The van der Waals surface area contributed by atoms with Crippen molar-refractivity contribution in [2.24, 2.45) is 0 Å². The summed E-state index contributed by atoms with van der Waals surface area (Å²) in [6, 6.07) is 0. The van der Waals surface area contributed by atoms with Crippen LogP contribution >= 0.6 is 0 Å². The monoisotopic (exact) mass is 294 g/mol. The molecule has 0 aliphatic rings. The first-order valence-electron chi connectivity index (χ1n) is 8.03. The number of allylic oxidation sites excluding steroid dienone is 5. The summed E-state index contributed by atoms with van der Waals surface area (Å²) in [5, 5.41) is 18.2. The second-order valence-electron chi connectivity index (χ2n) is 5.22. The summed E-state index contributed by atoms with van der Waals surface area (Å²) in [6.07, 6.45) is 19.5. The first-order chi connectivity index (χ1) is 10.2. The molecule has 120 valence electrons. The van der Waals surface area contributed by atoms with Crippen molar-refractivity contribution in [2.75, 3.05) is 0 Å². The van der Waals surface area contributed by atoms with E-state index in [0.717, 1.165) is 25.7 Å². The van der Waals surface area contributed by atoms with Gasteiger partial charge in [0.1, 0.15) is 0 Å². The van der Waals surface area contributed by atoms with Gasteiger partial charge in [0.25, 0.3) is 0 Å². The van der Waals surface area contributed by atoms with Crippen LogP contribution in [-0.2, 0) is 4.79 Å². The standard InChI is InChI=1S/C18H30O3/c1-2-3-4-5-8-11-14-17(19)15-12-9-6-7-10-13-16-18(20)21/h6-11,17,19H,2-5,12-16H2,1H3,(H,20,21)/b9-6+,10-7?,11-8?/t17-/m1/s1. The van der Waals surface area contributed by atoms with Crippen LogP contribution in [-0.4, -0.2) is 22.3 Å². The Hall–Kier alpha value is -1.35. The third-order valence-electron chi connectivity index (χ3n) is 3.12. The van der Waals surface area contributed by atoms with Crippen molar-refractivity contribution < 1.29 is 15.0 Å². The van der Waals surface area contributed by atoms with E-state index in [1.807, 2.05) is 24.3 Å². The van der Waals surface area contributed by atoms with Gasteiger partial charge in [-0.3, -0.25) is 4.79 Å². The summed E-state index contributed by atoms with van der Waals surface area (Å²) in [7, 11) is 0. The fraction of sp³-hybridized carbons (Fsp3) is 0.611. The summed E-state index contributed by atoms with van der Waals surface area (Å²) >= 11 is 0. The number of aliphatic hydroxyl groups excluding tert-OH is 1. The number of aliphatic hydroxyl groups is 1. The van der Waals surface area contributed by atoms with Crippen LogP contribution in [0.2, 0.25) is 0 Å². The molecule has 0 fully saturated rings. The summed E-state index contributed by atoms with van der Waals surface area (Å²) in [6.45, 7) is 2.20. The lowest BCUT2D eigenvalue weighted by Gasteiger charge is -2.04. The lowest BCUT2D eigenvalue weighted by atomic mass is 10.1. The Labute approximate surface area is 129 Å². The maximum Gasteiger partial charge on any atom is 0.303 e. The predicted octanol–water partition coefficient (Wildman–Crippen LogP) is 4.63. The molecule has 0 saturated heterocycles. The highest BCUT2D eigenvalue weighted by Crippen LogP contribution is 2.06. The molecule has 0 spiro atoms. The van der Waals surface area contributed by atoms with E-state index in [0.29, 0.717) is 6.42 Å². The van der Waals surface area contributed by atoms with Crippen LogP contribution in [0.3, 0.4) is 0 Å². The zero-order valence-corrected chi connectivity index (χ0v) is 13.2. The Kier molecular flexibility index (Phi) is 14.1. The van der Waals surface area contributed by atoms with Crippen molar-refractivity contribution in [3.63, 3.8) is 0 Å². The van der Waals surface area contributed by atoms with Crippen molar-refractivity contribution in [2.45, 2.75) is 70.8 Å². The molecule has 2 N–H and O–H groups in total. The Balaban J connectivity index is 3.51. The van der Waals surface area contributed by atoms with Gasteiger partial charge >= 0.3 is 5.97 Å². The van der Waals surface area contributed by atoms with E-state index < -0.39 is 5.97 Å². The van der Waals surface area contributed by atoms with Crippen LogP contribution in [0.4, 0.5) is 0 Å². The van der Waals surface area contributed by atoms with E-state index in [1.54, 1.807) is 0 Å². The number of hydrogen-bond acceptors (Lipinski definition) is 2. The minimum atomic E-state index is -0.769. The lowest BCUT2D eigenvalue weighted by molar-refractivity contribution is -0.136. The Morgan fingerprint density at radius 2 is 1.71 bits per heavy atom. The molecule has 0 rings (SSSR count). The minimum Gasteiger partial charge on any atom is -0.481 e. The number of carboxylic acid groups (broad SMARTS) is 1. The third-order valence-corrected chi connectivity index (χ3v) is 3.12. The molecule has 0 aromatic carbocycles. The minimum absolute atomic E-state index is 0.174. The second-order valence-corrected chi connectivity index (χ2v) is 5.22. The molecular formula is C18H30O3. The molecule has 0 unspecified atom stereocenters. The number of hydrogen-bond donors (Lipinski definition) is 2. The average molecular weight is 294 g/mol. The predicted molar refractivity (Wildman–Crippen MR) is 88.3 cm³/mol. The molecule has 0 aliphatic carbocycles. The quantitative estimate of drug-likeness (QED) is 0.296. The van der Waals surface area contributed by atoms with Gasteiger partial charge in [0.05, 0.1) is 6.10 Å². The Morgan fingerprint density at radius 3 is 2.38 bits per heavy atom. The number of carbonyl (C=O) groups is 1. The zero-order chi connectivity index (χ0) is 15.8. The molecule has 0 amide bonds. The Morgan fingerprint density at radius 1 is 1.00 bits per heavy atom. The maximum atomic E-state index is 10.3. The van der Waals surface area contributed by atoms with Gasteiger partial charge in [-0.15, -0.1) is 0 Å². The van der Waals surface area contributed by atoms with E-state index in [9.17, 15) is 9.90 Å². The molecule has 0 aromatic heterocycles. The van der Waals surface area contributed by atoms with Gasteiger partial charge in [0, 0.05) is 6.42 Å². The number of rotatable bonds is 13. The molecule has 21 heavy (non-hydrogen) atoms. The van der Waals surface area contributed by atoms with Crippen LogP contribution in [0.5, 0.6) is 0 Å². The highest BCUT2D eigenvalue weighted by Gasteiger charge is 1.98. The van der Waals surface area contributed by atoms with Gasteiger partial charge < -0.3 is 10.2 Å². The van der Waals surface area contributed by atoms with Gasteiger partial charge in [-0.05, 0) is 38.5 Å². The van der Waals surface area contributed by atoms with Gasteiger partial charge in [-0.1, -0.05) is 56.2 Å². The van der Waals surface area contributed by atoms with Crippen LogP contribution in [0.1, 0.15) is 64.7 Å². The SMILES string of the molecule is CCCCCC=CC[C@@H](O)CC/C=C/C=CCCC(=O)O. The van der Waals surface area contributed by atoms with Gasteiger partial charge in [0.15, 0.2) is 0 Å². The molecule has 3 heteroatoms. The van der Waals surface area contributed by atoms with Crippen molar-refractivity contribution in [3.8, 4) is 0 Å². The van der Waals surface area contributed by atoms with E-state index in [1.165, 1.54) is 19.3 Å². The largest absolute Gasteiger partial charge is 0.481 e. The van der Waals surface area contributed by atoms with Crippen molar-refractivity contribution in [1.29, 1.82) is 0 Å². The molecule has 0 aliphatic heterocycles. The molecule has 0 heterocycles. The van der Waals surface area contributed by atoms with E-state index in [2.05, 4.69) is 19.1 Å². The van der Waals surface area contributed by atoms with Crippen molar-refractivity contribution in [1.82, 2.24) is 0 Å². The van der Waals surface area contributed by atoms with Crippen LogP contribution < -0.4 is 0 Å². The van der Waals surface area contributed by atoms with Gasteiger partial charge in [0.2, 0.25) is 0 Å². The summed E-state index contributed by atoms with van der Waals surface area (Å²) in [4.78, 5) is 10.3. The summed E-state index contributed by atoms with van der Waals surface area (Å²) in [5.41, 5.74) is 0. The third kappa shape index (κ3) is 16.6. The summed E-state index contributed by atoms with van der Waals surface area (Å²) in [5.74, 6) is -0.769. The zero-order valence-electron chi connectivity index (χ0n) is 13.2. The van der Waals surface area contributed by atoms with E-state index in [4.69, 9.17) is 5.11 Å². The average Bonchev–Trinajstić information content (AvgIpc) is 2.45. The van der Waals surface area contributed by atoms with Crippen LogP contribution in [0.15, 0.2) is 36.5 Å². The fourth-order valence-electron chi connectivity index (χ4n) is 1.85. The Bertz CT molecular complexity index is 329. The van der Waals surface area contributed by atoms with Gasteiger partial charge in [-0.2, -0.15) is 0 Å². The maximum absolute atomic E-state index is 10.3. The van der Waals surface area contributed by atoms with Crippen molar-refractivity contribution in [3.05, 3.63) is 36.5 Å². The highest BCUT2D eigenvalue weighted by atomic mass is 16.4.